The van der Waals surface area contributed by atoms with Crippen LogP contribution >= 0.6 is 0 Å². The van der Waals surface area contributed by atoms with Gasteiger partial charge in [-0.25, -0.2) is 0 Å². The average Bonchev–Trinajstić information content (AvgIpc) is 2.15. The molecule has 1 atom stereocenters. The smallest absolute Gasteiger partial charge is 0.250 e. The Bertz CT molecular complexity index is 255. The first-order valence-corrected chi connectivity index (χ1v) is 3.63. The molecule has 0 rings (SSSR count). The summed E-state index contributed by atoms with van der Waals surface area (Å²) in [5.74, 6) is 0. The molecule has 0 aromatic carbocycles. The minimum absolute atomic E-state index is 0.0418. The zero-order chi connectivity index (χ0) is 10.8. The Hall–Kier alpha value is -2.18. The van der Waals surface area contributed by atoms with Gasteiger partial charge in [-0.3, -0.25) is 15.5 Å². The highest BCUT2D eigenvalue weighted by Crippen LogP contribution is 1.96. The van der Waals surface area contributed by atoms with E-state index in [1.165, 1.54) is 0 Å². The van der Waals surface area contributed by atoms with Gasteiger partial charge in [0.2, 0.25) is 6.04 Å². The van der Waals surface area contributed by atoms with Gasteiger partial charge in [0.25, 0.3) is 0 Å². The Morgan fingerprint density at radius 2 is 2.21 bits per heavy atom. The first-order valence-electron chi connectivity index (χ1n) is 3.63. The van der Waals surface area contributed by atoms with Gasteiger partial charge < -0.3 is 0 Å². The molecule has 0 aromatic rings. The topological polar surface area (TPSA) is 153 Å². The van der Waals surface area contributed by atoms with Crippen molar-refractivity contribution in [2.75, 3.05) is 13.1 Å². The molecule has 1 N–H and O–H groups in total. The first kappa shape index (κ1) is 11.8. The summed E-state index contributed by atoms with van der Waals surface area (Å²) in [6.07, 6.45) is 0.102. The number of hydrogen-bond donors (Lipinski definition) is 1. The van der Waals surface area contributed by atoms with Crippen molar-refractivity contribution >= 4 is 0 Å². The Morgan fingerprint density at radius 1 is 1.50 bits per heavy atom. The normalized spacial score (nSPS) is 10.6. The van der Waals surface area contributed by atoms with E-state index >= 15 is 0 Å². The van der Waals surface area contributed by atoms with E-state index in [9.17, 15) is 10.1 Å². The van der Waals surface area contributed by atoms with Crippen molar-refractivity contribution in [1.29, 1.82) is 0 Å². The summed E-state index contributed by atoms with van der Waals surface area (Å²) in [4.78, 5) is 14.7. The van der Waals surface area contributed by atoms with E-state index in [0.717, 1.165) is 0 Å². The molecule has 0 saturated carbocycles. The van der Waals surface area contributed by atoms with Crippen LogP contribution in [-0.2, 0) is 0 Å². The van der Waals surface area contributed by atoms with Crippen LogP contribution in [0.25, 0.3) is 20.9 Å². The molecule has 0 spiro atoms. The Labute approximate surface area is 78.3 Å². The van der Waals surface area contributed by atoms with Crippen LogP contribution in [0.2, 0.25) is 0 Å². The van der Waals surface area contributed by atoms with Gasteiger partial charge in [0.1, 0.15) is 0 Å². The third-order valence-corrected chi connectivity index (χ3v) is 1.37. The van der Waals surface area contributed by atoms with E-state index in [0.29, 0.717) is 0 Å². The number of nitrogens with one attached hydrogen (secondary N) is 1. The van der Waals surface area contributed by atoms with Crippen LogP contribution in [0, 0.1) is 10.1 Å². The molecule has 14 heavy (non-hydrogen) atoms. The molecule has 76 valence electrons. The van der Waals surface area contributed by atoms with E-state index in [4.69, 9.17) is 11.1 Å². The van der Waals surface area contributed by atoms with Gasteiger partial charge in [0, 0.05) is 22.8 Å². The van der Waals surface area contributed by atoms with Gasteiger partial charge in [-0.2, -0.15) is 4.91 Å². The molecule has 0 aliphatic carbocycles. The fraction of sp³-hybridized carbons (Fsp3) is 1.00. The van der Waals surface area contributed by atoms with Crippen LogP contribution in [0.5, 0.6) is 0 Å². The lowest BCUT2D eigenvalue weighted by atomic mass is 10.2. The first-order chi connectivity index (χ1) is 6.72. The second kappa shape index (κ2) is 7.47. The minimum atomic E-state index is -0.925. The summed E-state index contributed by atoms with van der Waals surface area (Å²) in [6, 6.07) is -0.925. The van der Waals surface area contributed by atoms with Crippen LogP contribution in [0.4, 0.5) is 0 Å². The molecular weight excluding hydrogens is 192 g/mol. The number of rotatable bonds is 7. The molecule has 10 nitrogen and oxygen atoms in total. The highest BCUT2D eigenvalue weighted by molar-refractivity contribution is 4.61. The summed E-state index contributed by atoms with van der Waals surface area (Å²) >= 11 is 0. The zero-order valence-electron chi connectivity index (χ0n) is 7.15. The number of hydrogen-bond acceptors (Lipinski definition) is 4. The number of azide groups is 2. The highest BCUT2D eigenvalue weighted by atomic mass is 16.6. The Balaban J connectivity index is 3.95. The Morgan fingerprint density at radius 3 is 2.71 bits per heavy atom. The van der Waals surface area contributed by atoms with Crippen molar-refractivity contribution in [3.63, 3.8) is 0 Å². The maximum Gasteiger partial charge on any atom is 0.250 e. The SMILES string of the molecule is [N-]=[N+]=NCCC(CNN=[N+]=[N-])[N+](=O)[O-]. The van der Waals surface area contributed by atoms with E-state index in [1.54, 1.807) is 0 Å². The summed E-state index contributed by atoms with van der Waals surface area (Å²) in [5.41, 5.74) is 18.0. The third-order valence-electron chi connectivity index (χ3n) is 1.37. The third kappa shape index (κ3) is 5.47. The van der Waals surface area contributed by atoms with Gasteiger partial charge in [-0.1, -0.05) is 5.11 Å². The second-order valence-corrected chi connectivity index (χ2v) is 2.23. The molecule has 10 heteroatoms. The largest absolute Gasteiger partial charge is 0.264 e. The van der Waals surface area contributed by atoms with Crippen LogP contribution in [-0.4, -0.2) is 24.1 Å². The van der Waals surface area contributed by atoms with Crippen molar-refractivity contribution in [2.24, 2.45) is 10.3 Å². The maximum atomic E-state index is 10.4. The average molecular weight is 200 g/mol. The quantitative estimate of drug-likeness (QED) is 0.215. The monoisotopic (exact) mass is 200 g/mol. The van der Waals surface area contributed by atoms with Crippen molar-refractivity contribution in [1.82, 2.24) is 5.43 Å². The fourth-order valence-corrected chi connectivity index (χ4v) is 0.711. The van der Waals surface area contributed by atoms with Crippen LogP contribution in [0.1, 0.15) is 6.42 Å². The van der Waals surface area contributed by atoms with Crippen molar-refractivity contribution in [3.05, 3.63) is 31.0 Å². The summed E-state index contributed by atoms with van der Waals surface area (Å²) in [6.45, 7) is -0.0435. The molecular formula is C4H8N8O2. The van der Waals surface area contributed by atoms with Crippen LogP contribution in [0.15, 0.2) is 10.3 Å². The standard InChI is InChI=1S/C4H8N8O2/c5-9-7-2-1-4(12(13)14)3-8-11-10-6/h4,8H,1-3H2. The predicted molar refractivity (Wildman–Crippen MR) is 46.6 cm³/mol. The summed E-state index contributed by atoms with van der Waals surface area (Å²) in [5, 5.41) is 16.5. The molecule has 0 aliphatic rings. The molecule has 0 saturated heterocycles. The van der Waals surface area contributed by atoms with Crippen molar-refractivity contribution in [2.45, 2.75) is 12.5 Å². The molecule has 0 bridgehead atoms. The van der Waals surface area contributed by atoms with Gasteiger partial charge >= 0.3 is 0 Å². The van der Waals surface area contributed by atoms with Crippen molar-refractivity contribution < 1.29 is 4.92 Å². The second-order valence-electron chi connectivity index (χ2n) is 2.23. The summed E-state index contributed by atoms with van der Waals surface area (Å²) in [7, 11) is 0. The Kier molecular flexibility index (Phi) is 6.31. The van der Waals surface area contributed by atoms with E-state index < -0.39 is 11.0 Å². The van der Waals surface area contributed by atoms with Crippen LogP contribution in [0.3, 0.4) is 0 Å². The molecule has 0 aliphatic heterocycles. The van der Waals surface area contributed by atoms with Crippen LogP contribution < -0.4 is 5.43 Å². The van der Waals surface area contributed by atoms with E-state index in [1.807, 2.05) is 0 Å². The molecule has 0 fully saturated rings. The van der Waals surface area contributed by atoms with Gasteiger partial charge in [-0.15, -0.1) is 5.53 Å². The highest BCUT2D eigenvalue weighted by Gasteiger charge is 2.20. The van der Waals surface area contributed by atoms with Gasteiger partial charge in [0.15, 0.2) is 6.54 Å². The summed E-state index contributed by atoms with van der Waals surface area (Å²) < 4.78 is 0. The minimum Gasteiger partial charge on any atom is -0.264 e. The van der Waals surface area contributed by atoms with Gasteiger partial charge in [0.05, 0.1) is 0 Å². The van der Waals surface area contributed by atoms with Gasteiger partial charge in [-0.05, 0) is 10.8 Å². The molecule has 0 aromatic heterocycles. The van der Waals surface area contributed by atoms with Crippen molar-refractivity contribution in [3.8, 4) is 0 Å². The molecule has 0 amide bonds. The lowest BCUT2D eigenvalue weighted by Gasteiger charge is -2.04. The number of nitro groups is 1. The maximum absolute atomic E-state index is 10.4. The number of nitrogens with zero attached hydrogens (tertiary/aromatic N) is 7. The van der Waals surface area contributed by atoms with E-state index in [2.05, 4.69) is 25.6 Å². The zero-order valence-corrected chi connectivity index (χ0v) is 7.15. The molecule has 0 heterocycles. The molecule has 1 unspecified atom stereocenters. The van der Waals surface area contributed by atoms with E-state index in [-0.39, 0.29) is 19.5 Å². The fourth-order valence-electron chi connectivity index (χ4n) is 0.711. The lowest BCUT2D eigenvalue weighted by molar-refractivity contribution is -0.520. The lowest BCUT2D eigenvalue weighted by Crippen LogP contribution is -2.31. The molecule has 0 radical (unpaired) electrons. The predicted octanol–water partition coefficient (Wildman–Crippen LogP) is 1.15.